The first-order chi connectivity index (χ1) is 16.3. The van der Waals surface area contributed by atoms with Crippen LogP contribution >= 0.6 is 0 Å². The fourth-order valence-electron chi connectivity index (χ4n) is 3.95. The molecular weight excluding hydrogens is 433 g/mol. The summed E-state index contributed by atoms with van der Waals surface area (Å²) in [4.78, 5) is 29.7. The van der Waals surface area contributed by atoms with Crippen molar-refractivity contribution in [1.29, 1.82) is 0 Å². The molecule has 0 saturated heterocycles. The highest BCUT2D eigenvalue weighted by Crippen LogP contribution is 2.27. The molecule has 0 bridgehead atoms. The van der Waals surface area contributed by atoms with Gasteiger partial charge in [-0.1, -0.05) is 26.0 Å². The number of benzene rings is 2. The Bertz CT molecular complexity index is 1090. The number of amides is 2. The highest BCUT2D eigenvalue weighted by molar-refractivity contribution is 6.02. The van der Waals surface area contributed by atoms with Crippen LogP contribution in [-0.4, -0.2) is 30.8 Å². The SMILES string of the molecule is CCC(CC)C(=O)N(Cc1ccc(F)cc1)Cc1cc(NC(=O)c2ccco2)ccc1N(C)C. The number of hydrogen-bond donors (Lipinski definition) is 1. The predicted molar refractivity (Wildman–Crippen MR) is 132 cm³/mol. The lowest BCUT2D eigenvalue weighted by atomic mass is 10.0. The van der Waals surface area contributed by atoms with Crippen LogP contribution in [0.4, 0.5) is 15.8 Å². The van der Waals surface area contributed by atoms with E-state index in [-0.39, 0.29) is 29.3 Å². The molecule has 180 valence electrons. The largest absolute Gasteiger partial charge is 0.459 e. The first-order valence-electron chi connectivity index (χ1n) is 11.5. The minimum absolute atomic E-state index is 0.0593. The molecule has 0 aliphatic rings. The summed E-state index contributed by atoms with van der Waals surface area (Å²) in [5, 5.41) is 2.86. The standard InChI is InChI=1S/C27H32FN3O3/c1-5-20(6-2)27(33)31(17-19-9-11-22(28)12-10-19)18-21-16-23(13-14-24(21)30(3)4)29-26(32)25-8-7-15-34-25/h7-16,20H,5-6,17-18H2,1-4H3,(H,29,32). The van der Waals surface area contributed by atoms with Gasteiger partial charge >= 0.3 is 0 Å². The third-order valence-corrected chi connectivity index (χ3v) is 5.86. The van der Waals surface area contributed by atoms with Gasteiger partial charge in [0, 0.05) is 44.5 Å². The fourth-order valence-corrected chi connectivity index (χ4v) is 3.95. The molecule has 0 aliphatic heterocycles. The molecule has 0 aliphatic carbocycles. The highest BCUT2D eigenvalue weighted by Gasteiger charge is 2.23. The van der Waals surface area contributed by atoms with Crippen molar-refractivity contribution in [2.75, 3.05) is 24.3 Å². The maximum Gasteiger partial charge on any atom is 0.291 e. The van der Waals surface area contributed by atoms with Crippen LogP contribution in [0, 0.1) is 11.7 Å². The third-order valence-electron chi connectivity index (χ3n) is 5.86. The van der Waals surface area contributed by atoms with E-state index >= 15 is 0 Å². The summed E-state index contributed by atoms with van der Waals surface area (Å²) < 4.78 is 18.6. The lowest BCUT2D eigenvalue weighted by Crippen LogP contribution is -2.35. The van der Waals surface area contributed by atoms with Crippen molar-refractivity contribution in [3.05, 3.63) is 83.6 Å². The number of nitrogens with zero attached hydrogens (tertiary/aromatic N) is 2. The predicted octanol–water partition coefficient (Wildman–Crippen LogP) is 5.70. The van der Waals surface area contributed by atoms with Gasteiger partial charge in [0.15, 0.2) is 5.76 Å². The van der Waals surface area contributed by atoms with Gasteiger partial charge in [-0.05, 0) is 66.4 Å². The molecule has 1 heterocycles. The third kappa shape index (κ3) is 6.25. The van der Waals surface area contributed by atoms with Crippen LogP contribution in [0.25, 0.3) is 0 Å². The second-order valence-corrected chi connectivity index (χ2v) is 8.50. The number of carbonyl (C=O) groups excluding carboxylic acids is 2. The zero-order chi connectivity index (χ0) is 24.7. The average Bonchev–Trinajstić information content (AvgIpc) is 3.36. The minimum Gasteiger partial charge on any atom is -0.459 e. The molecule has 0 radical (unpaired) electrons. The molecule has 6 nitrogen and oxygen atoms in total. The zero-order valence-electron chi connectivity index (χ0n) is 20.2. The van der Waals surface area contributed by atoms with E-state index < -0.39 is 0 Å². The van der Waals surface area contributed by atoms with Crippen molar-refractivity contribution in [1.82, 2.24) is 4.90 Å². The van der Waals surface area contributed by atoms with Crippen LogP contribution < -0.4 is 10.2 Å². The second-order valence-electron chi connectivity index (χ2n) is 8.50. The molecule has 0 atom stereocenters. The Kier molecular flexibility index (Phi) is 8.46. The van der Waals surface area contributed by atoms with Crippen molar-refractivity contribution in [3.8, 4) is 0 Å². The van der Waals surface area contributed by atoms with Gasteiger partial charge in [-0.15, -0.1) is 0 Å². The molecule has 7 heteroatoms. The van der Waals surface area contributed by atoms with Crippen LogP contribution in [0.1, 0.15) is 48.4 Å². The summed E-state index contributed by atoms with van der Waals surface area (Å²) >= 11 is 0. The monoisotopic (exact) mass is 465 g/mol. The Morgan fingerprint density at radius 3 is 2.29 bits per heavy atom. The average molecular weight is 466 g/mol. The lowest BCUT2D eigenvalue weighted by Gasteiger charge is -2.29. The summed E-state index contributed by atoms with van der Waals surface area (Å²) in [6.45, 7) is 4.74. The van der Waals surface area contributed by atoms with E-state index in [2.05, 4.69) is 5.32 Å². The molecule has 1 aromatic heterocycles. The smallest absolute Gasteiger partial charge is 0.291 e. The number of carbonyl (C=O) groups is 2. The van der Waals surface area contributed by atoms with E-state index in [0.29, 0.717) is 18.8 Å². The van der Waals surface area contributed by atoms with E-state index in [1.54, 1.807) is 24.3 Å². The first kappa shape index (κ1) is 25.0. The van der Waals surface area contributed by atoms with Crippen molar-refractivity contribution in [2.45, 2.75) is 39.8 Å². The normalized spacial score (nSPS) is 10.9. The van der Waals surface area contributed by atoms with Gasteiger partial charge in [-0.25, -0.2) is 4.39 Å². The molecule has 34 heavy (non-hydrogen) atoms. The summed E-state index contributed by atoms with van der Waals surface area (Å²) in [5.41, 5.74) is 3.30. The van der Waals surface area contributed by atoms with E-state index in [1.807, 2.05) is 55.9 Å². The quantitative estimate of drug-likeness (QED) is 0.417. The molecule has 2 amide bonds. The summed E-state index contributed by atoms with van der Waals surface area (Å²) in [7, 11) is 3.87. The maximum absolute atomic E-state index is 13.4. The van der Waals surface area contributed by atoms with Gasteiger partial charge in [0.05, 0.1) is 6.26 Å². The van der Waals surface area contributed by atoms with Crippen LogP contribution in [0.2, 0.25) is 0 Å². The summed E-state index contributed by atoms with van der Waals surface area (Å²) in [6.07, 6.45) is 2.94. The highest BCUT2D eigenvalue weighted by atomic mass is 19.1. The van der Waals surface area contributed by atoms with Crippen molar-refractivity contribution >= 4 is 23.2 Å². The van der Waals surface area contributed by atoms with Crippen molar-refractivity contribution in [3.63, 3.8) is 0 Å². The van der Waals surface area contributed by atoms with Crippen LogP contribution in [0.5, 0.6) is 0 Å². The van der Waals surface area contributed by atoms with E-state index in [4.69, 9.17) is 4.42 Å². The second kappa shape index (κ2) is 11.5. The molecule has 0 saturated carbocycles. The summed E-state index contributed by atoms with van der Waals surface area (Å²) in [6, 6.07) is 15.1. The lowest BCUT2D eigenvalue weighted by molar-refractivity contribution is -0.137. The Hall–Kier alpha value is -3.61. The van der Waals surface area contributed by atoms with Gasteiger partial charge in [0.25, 0.3) is 5.91 Å². The van der Waals surface area contributed by atoms with E-state index in [9.17, 15) is 14.0 Å². The Balaban J connectivity index is 1.92. The molecule has 0 spiro atoms. The van der Waals surface area contributed by atoms with Gasteiger partial charge in [0.1, 0.15) is 5.82 Å². The fraction of sp³-hybridized carbons (Fsp3) is 0.333. The molecule has 3 rings (SSSR count). The number of halogens is 1. The number of anilines is 2. The van der Waals surface area contributed by atoms with Gasteiger partial charge < -0.3 is 19.5 Å². The maximum atomic E-state index is 13.4. The molecule has 0 unspecified atom stereocenters. The van der Waals surface area contributed by atoms with Crippen LogP contribution in [0.3, 0.4) is 0 Å². The van der Waals surface area contributed by atoms with Crippen molar-refractivity contribution in [2.24, 2.45) is 5.92 Å². The molecule has 1 N–H and O–H groups in total. The molecule has 2 aromatic carbocycles. The summed E-state index contributed by atoms with van der Waals surface area (Å²) in [5.74, 6) is -0.462. The number of rotatable bonds is 10. The Morgan fingerprint density at radius 1 is 1.00 bits per heavy atom. The zero-order valence-corrected chi connectivity index (χ0v) is 20.2. The minimum atomic E-state index is -0.343. The molecular formula is C27H32FN3O3. The van der Waals surface area contributed by atoms with Gasteiger partial charge in [-0.3, -0.25) is 9.59 Å². The van der Waals surface area contributed by atoms with E-state index in [0.717, 1.165) is 29.7 Å². The number of hydrogen-bond acceptors (Lipinski definition) is 4. The first-order valence-corrected chi connectivity index (χ1v) is 11.5. The Morgan fingerprint density at radius 2 is 1.71 bits per heavy atom. The van der Waals surface area contributed by atoms with E-state index in [1.165, 1.54) is 18.4 Å². The Labute approximate surface area is 200 Å². The van der Waals surface area contributed by atoms with Crippen LogP contribution in [-0.2, 0) is 17.9 Å². The van der Waals surface area contributed by atoms with Crippen LogP contribution in [0.15, 0.2) is 65.3 Å². The number of nitrogens with one attached hydrogen (secondary N) is 1. The number of furan rings is 1. The molecule has 0 fully saturated rings. The molecule has 3 aromatic rings. The van der Waals surface area contributed by atoms with Gasteiger partial charge in [0.2, 0.25) is 5.91 Å². The topological polar surface area (TPSA) is 65.8 Å². The van der Waals surface area contributed by atoms with Gasteiger partial charge in [-0.2, -0.15) is 0 Å². The van der Waals surface area contributed by atoms with Crippen molar-refractivity contribution < 1.29 is 18.4 Å².